The minimum Gasteiger partial charge on any atom is -0.461 e. The number of guanidine groups is 1. The molecule has 0 heterocycles. The van der Waals surface area contributed by atoms with Gasteiger partial charge in [0.05, 0.1) is 6.61 Å². The minimum absolute atomic E-state index is 0.215. The molecule has 1 unspecified atom stereocenters. The molecule has 0 aromatic heterocycles. The van der Waals surface area contributed by atoms with Crippen LogP contribution >= 0.6 is 0 Å². The molecule has 0 saturated carbocycles. The summed E-state index contributed by atoms with van der Waals surface area (Å²) in [6, 6.07) is -0.308. The lowest BCUT2D eigenvalue weighted by Crippen LogP contribution is -2.65. The van der Waals surface area contributed by atoms with Gasteiger partial charge in [0.2, 0.25) is 0 Å². The number of hydrogen-bond acceptors (Lipinski definition) is 3. The van der Waals surface area contributed by atoms with Crippen LogP contribution in [0.1, 0.15) is 32.6 Å². The van der Waals surface area contributed by atoms with Crippen LogP contribution in [0.3, 0.4) is 0 Å². The van der Waals surface area contributed by atoms with E-state index in [9.17, 15) is 4.79 Å². The number of quaternary nitrogens is 1. The van der Waals surface area contributed by atoms with Crippen LogP contribution in [0.4, 0.5) is 0 Å². The summed E-state index contributed by atoms with van der Waals surface area (Å²) in [5.74, 6) is 0.286. The number of rotatable bonds is 8. The van der Waals surface area contributed by atoms with E-state index in [0.717, 1.165) is 19.3 Å². The van der Waals surface area contributed by atoms with Crippen molar-refractivity contribution < 1.29 is 15.3 Å². The number of nitrogens with zero attached hydrogens (tertiary/aromatic N) is 2. The zero-order valence-corrected chi connectivity index (χ0v) is 11.8. The average Bonchev–Trinajstić information content (AvgIpc) is 2.33. The van der Waals surface area contributed by atoms with Crippen molar-refractivity contribution >= 4 is 11.9 Å². The summed E-state index contributed by atoms with van der Waals surface area (Å²) in [5.41, 5.74) is 9.45. The van der Waals surface area contributed by atoms with Crippen molar-refractivity contribution in [1.29, 1.82) is 0 Å². The van der Waals surface area contributed by atoms with E-state index >= 15 is 0 Å². The van der Waals surface area contributed by atoms with Crippen LogP contribution in [-0.4, -0.2) is 50.1 Å². The van der Waals surface area contributed by atoms with Gasteiger partial charge in [0.1, 0.15) is 0 Å². The average molecular weight is 259 g/mol. The van der Waals surface area contributed by atoms with Gasteiger partial charge in [-0.3, -0.25) is 4.99 Å². The van der Waals surface area contributed by atoms with Crippen molar-refractivity contribution in [2.24, 2.45) is 10.7 Å². The molecule has 18 heavy (non-hydrogen) atoms. The summed E-state index contributed by atoms with van der Waals surface area (Å²) >= 11 is 0. The van der Waals surface area contributed by atoms with Crippen molar-refractivity contribution in [3.05, 3.63) is 0 Å². The number of unbranched alkanes of at least 4 members (excludes halogenated alkanes) is 1. The summed E-state index contributed by atoms with van der Waals surface area (Å²) in [6.07, 6.45) is 3.39. The fourth-order valence-electron chi connectivity index (χ4n) is 1.23. The maximum absolute atomic E-state index is 11.5. The molecule has 0 aromatic rings. The van der Waals surface area contributed by atoms with E-state index in [1.165, 1.54) is 0 Å². The van der Waals surface area contributed by atoms with Gasteiger partial charge in [0, 0.05) is 27.1 Å². The highest BCUT2D eigenvalue weighted by atomic mass is 16.5. The first-order valence-electron chi connectivity index (χ1n) is 6.46. The maximum Gasteiger partial charge on any atom is 0.364 e. The Bertz CT molecular complexity index is 267. The van der Waals surface area contributed by atoms with Crippen molar-refractivity contribution in [3.8, 4) is 0 Å². The highest BCUT2D eigenvalue weighted by molar-refractivity contribution is 5.77. The Morgan fingerprint density at radius 1 is 1.44 bits per heavy atom. The predicted molar refractivity (Wildman–Crippen MR) is 72.0 cm³/mol. The quantitative estimate of drug-likeness (QED) is 0.268. The lowest BCUT2D eigenvalue weighted by Gasteiger charge is -2.11. The van der Waals surface area contributed by atoms with Crippen molar-refractivity contribution in [1.82, 2.24) is 4.90 Å². The molecule has 0 rings (SSSR count). The molecule has 0 fully saturated rings. The van der Waals surface area contributed by atoms with Gasteiger partial charge >= 0.3 is 5.97 Å². The van der Waals surface area contributed by atoms with Crippen molar-refractivity contribution in [2.75, 3.05) is 27.2 Å². The maximum atomic E-state index is 11.5. The molecule has 0 saturated heterocycles. The Morgan fingerprint density at radius 3 is 2.67 bits per heavy atom. The topological polar surface area (TPSA) is 95.6 Å². The number of nitrogens with two attached hydrogens (primary N) is 1. The molecule has 0 aliphatic carbocycles. The first kappa shape index (κ1) is 16.7. The Morgan fingerprint density at radius 2 is 2.11 bits per heavy atom. The third kappa shape index (κ3) is 7.89. The van der Waals surface area contributed by atoms with Gasteiger partial charge in [-0.05, 0) is 12.8 Å². The van der Waals surface area contributed by atoms with Crippen LogP contribution in [0.15, 0.2) is 4.99 Å². The third-order valence-corrected chi connectivity index (χ3v) is 2.52. The second-order valence-electron chi connectivity index (χ2n) is 4.49. The largest absolute Gasteiger partial charge is 0.461 e. The van der Waals surface area contributed by atoms with Gasteiger partial charge in [0.25, 0.3) is 0 Å². The van der Waals surface area contributed by atoms with Crippen molar-refractivity contribution in [3.63, 3.8) is 0 Å². The summed E-state index contributed by atoms with van der Waals surface area (Å²) in [7, 11) is 3.68. The van der Waals surface area contributed by atoms with E-state index in [1.807, 2.05) is 14.1 Å². The molecule has 5 N–H and O–H groups in total. The molecular weight excluding hydrogens is 232 g/mol. The molecule has 6 nitrogen and oxygen atoms in total. The summed E-state index contributed by atoms with van der Waals surface area (Å²) in [6.45, 7) is 3.16. The first-order valence-corrected chi connectivity index (χ1v) is 6.46. The molecule has 106 valence electrons. The van der Waals surface area contributed by atoms with Gasteiger partial charge in [-0.15, -0.1) is 0 Å². The van der Waals surface area contributed by atoms with Crippen LogP contribution in [0.5, 0.6) is 0 Å². The number of carbonyl (C=O) groups excluding carboxylic acids is 1. The van der Waals surface area contributed by atoms with Crippen LogP contribution in [0, 0.1) is 0 Å². The fraction of sp³-hybridized carbons (Fsp3) is 0.833. The van der Waals surface area contributed by atoms with Crippen LogP contribution in [0.25, 0.3) is 0 Å². The third-order valence-electron chi connectivity index (χ3n) is 2.52. The lowest BCUT2D eigenvalue weighted by molar-refractivity contribution is -0.409. The zero-order valence-electron chi connectivity index (χ0n) is 11.8. The van der Waals surface area contributed by atoms with Crippen LogP contribution in [0.2, 0.25) is 0 Å². The van der Waals surface area contributed by atoms with E-state index < -0.39 is 0 Å². The summed E-state index contributed by atoms with van der Waals surface area (Å²) in [4.78, 5) is 17.4. The van der Waals surface area contributed by atoms with Gasteiger partial charge in [-0.2, -0.15) is 0 Å². The number of esters is 1. The molecular formula is C12H27N4O2+. The van der Waals surface area contributed by atoms with Gasteiger partial charge in [-0.1, -0.05) is 13.3 Å². The van der Waals surface area contributed by atoms with E-state index in [-0.39, 0.29) is 12.0 Å². The second kappa shape index (κ2) is 9.70. The monoisotopic (exact) mass is 259 g/mol. The second-order valence-corrected chi connectivity index (χ2v) is 4.49. The van der Waals surface area contributed by atoms with Crippen LogP contribution < -0.4 is 11.5 Å². The minimum atomic E-state index is -0.308. The standard InChI is InChI=1S/C12H26N4O2/c1-4-5-9-18-11(17)10(13)7-6-8-15-12(14)16(2)3/h10H,4-9,13H2,1-3H3,(H2,14,15)/p+1. The predicted octanol–water partition coefficient (Wildman–Crippen LogP) is -0.403. The molecule has 0 aliphatic rings. The number of aliphatic imine (C=N–C) groups is 1. The van der Waals surface area contributed by atoms with Gasteiger partial charge in [0.15, 0.2) is 12.0 Å². The number of ether oxygens (including phenoxy) is 1. The Kier molecular flexibility index (Phi) is 9.00. The van der Waals surface area contributed by atoms with Crippen molar-refractivity contribution in [2.45, 2.75) is 38.6 Å². The van der Waals surface area contributed by atoms with Gasteiger partial charge < -0.3 is 21.1 Å². The first-order chi connectivity index (χ1) is 8.49. The fourth-order valence-corrected chi connectivity index (χ4v) is 1.23. The molecule has 0 spiro atoms. The Labute approximate surface area is 109 Å². The normalized spacial score (nSPS) is 13.2. The molecule has 0 aromatic carbocycles. The van der Waals surface area contributed by atoms with E-state index in [4.69, 9.17) is 10.5 Å². The summed E-state index contributed by atoms with van der Waals surface area (Å²) in [5, 5.41) is 0. The zero-order chi connectivity index (χ0) is 14.0. The Balaban J connectivity index is 3.73. The molecule has 6 heteroatoms. The summed E-state index contributed by atoms with van der Waals surface area (Å²) < 4.78 is 5.09. The molecule has 1 atom stereocenters. The smallest absolute Gasteiger partial charge is 0.364 e. The number of hydrogen-bond donors (Lipinski definition) is 2. The molecule has 0 aliphatic heterocycles. The molecule has 0 amide bonds. The highest BCUT2D eigenvalue weighted by Crippen LogP contribution is 1.98. The van der Waals surface area contributed by atoms with Crippen LogP contribution in [-0.2, 0) is 9.53 Å². The SMILES string of the molecule is CCCCOC(=O)C([NH3+])CCCN=C(N)N(C)C. The Hall–Kier alpha value is -1.30. The molecule has 0 bridgehead atoms. The van der Waals surface area contributed by atoms with E-state index in [1.54, 1.807) is 4.90 Å². The highest BCUT2D eigenvalue weighted by Gasteiger charge is 2.17. The number of carbonyl (C=O) groups is 1. The lowest BCUT2D eigenvalue weighted by atomic mass is 10.2. The van der Waals surface area contributed by atoms with E-state index in [2.05, 4.69) is 17.6 Å². The van der Waals surface area contributed by atoms with E-state index in [0.29, 0.717) is 25.5 Å². The molecule has 0 radical (unpaired) electrons. The van der Waals surface area contributed by atoms with Gasteiger partial charge in [-0.25, -0.2) is 4.79 Å².